The third-order valence-corrected chi connectivity index (χ3v) is 4.96. The van der Waals surface area contributed by atoms with Crippen molar-refractivity contribution in [3.05, 3.63) is 70.7 Å². The minimum atomic E-state index is -0.865. The summed E-state index contributed by atoms with van der Waals surface area (Å²) in [7, 11) is 0. The number of pyridine rings is 1. The molecule has 0 fully saturated rings. The van der Waals surface area contributed by atoms with Crippen LogP contribution >= 0.6 is 0 Å². The van der Waals surface area contributed by atoms with Gasteiger partial charge in [0.05, 0.1) is 11.7 Å². The normalized spacial score (nSPS) is 12.6. The van der Waals surface area contributed by atoms with Gasteiger partial charge < -0.3 is 9.73 Å². The standard InChI is InChI=1S/C24H28N4O4/c1-15(2)20(21(31)22-26-27-23(32-22)24(3,4)5)25-18(29)14-28-17(12-9-13-19(28)30)16-10-7-6-8-11-16/h6-13,15,20H,14H2,1-5H3,(H,25,29)/t20-/m0/s1. The Bertz CT molecular complexity index is 1160. The van der Waals surface area contributed by atoms with Crippen molar-refractivity contribution < 1.29 is 14.0 Å². The fourth-order valence-electron chi connectivity index (χ4n) is 3.20. The number of Topliss-reactive ketones (excluding diaryl/α,β-unsaturated/α-hetero) is 1. The van der Waals surface area contributed by atoms with Crippen molar-refractivity contribution in [1.82, 2.24) is 20.1 Å². The molecule has 0 aliphatic rings. The average Bonchev–Trinajstić information content (AvgIpc) is 3.24. The molecule has 0 aliphatic heterocycles. The Hall–Kier alpha value is -3.55. The molecule has 0 radical (unpaired) electrons. The molecule has 0 spiro atoms. The maximum atomic E-state index is 13.0. The number of carbonyl (C=O) groups is 2. The minimum absolute atomic E-state index is 0.143. The Morgan fingerprint density at radius 2 is 1.72 bits per heavy atom. The maximum absolute atomic E-state index is 13.0. The van der Waals surface area contributed by atoms with Crippen LogP contribution in [-0.4, -0.2) is 32.5 Å². The molecule has 0 bridgehead atoms. The van der Waals surface area contributed by atoms with Gasteiger partial charge >= 0.3 is 0 Å². The van der Waals surface area contributed by atoms with E-state index in [0.717, 1.165) is 5.56 Å². The van der Waals surface area contributed by atoms with Crippen LogP contribution in [0.1, 0.15) is 51.2 Å². The minimum Gasteiger partial charge on any atom is -0.418 e. The van der Waals surface area contributed by atoms with Crippen LogP contribution in [-0.2, 0) is 16.8 Å². The van der Waals surface area contributed by atoms with Crippen LogP contribution in [0.3, 0.4) is 0 Å². The van der Waals surface area contributed by atoms with Gasteiger partial charge in [0, 0.05) is 11.5 Å². The molecule has 0 unspecified atom stereocenters. The lowest BCUT2D eigenvalue weighted by Gasteiger charge is -2.20. The summed E-state index contributed by atoms with van der Waals surface area (Å²) >= 11 is 0. The summed E-state index contributed by atoms with van der Waals surface area (Å²) in [4.78, 5) is 38.4. The molecule has 168 valence electrons. The van der Waals surface area contributed by atoms with E-state index in [1.165, 1.54) is 10.6 Å². The molecule has 0 saturated heterocycles. The first-order chi connectivity index (χ1) is 15.1. The zero-order chi connectivity index (χ0) is 23.5. The molecule has 8 heteroatoms. The zero-order valence-corrected chi connectivity index (χ0v) is 19.0. The number of aromatic nitrogens is 3. The summed E-state index contributed by atoms with van der Waals surface area (Å²) in [6.45, 7) is 9.11. The van der Waals surface area contributed by atoms with Crippen molar-refractivity contribution in [2.45, 2.75) is 52.6 Å². The van der Waals surface area contributed by atoms with Crippen LogP contribution in [0.15, 0.2) is 57.7 Å². The van der Waals surface area contributed by atoms with Crippen LogP contribution in [0, 0.1) is 5.92 Å². The number of nitrogens with zero attached hydrogens (tertiary/aromatic N) is 3. The topological polar surface area (TPSA) is 107 Å². The van der Waals surface area contributed by atoms with Crippen LogP contribution in [0.25, 0.3) is 11.3 Å². The molecular weight excluding hydrogens is 408 g/mol. The lowest BCUT2D eigenvalue weighted by atomic mass is 9.97. The van der Waals surface area contributed by atoms with Gasteiger partial charge in [-0.15, -0.1) is 10.2 Å². The maximum Gasteiger partial charge on any atom is 0.286 e. The highest BCUT2D eigenvalue weighted by atomic mass is 16.4. The van der Waals surface area contributed by atoms with Gasteiger partial charge in [0.25, 0.3) is 11.4 Å². The fourth-order valence-corrected chi connectivity index (χ4v) is 3.20. The Labute approximate surface area is 186 Å². The molecule has 1 atom stereocenters. The molecule has 1 aromatic carbocycles. The summed E-state index contributed by atoms with van der Waals surface area (Å²) in [5.74, 6) is -0.940. The van der Waals surface area contributed by atoms with Gasteiger partial charge in [-0.1, -0.05) is 71.0 Å². The largest absolute Gasteiger partial charge is 0.418 e. The quantitative estimate of drug-likeness (QED) is 0.570. The first kappa shape index (κ1) is 23.1. The van der Waals surface area contributed by atoms with Crippen LogP contribution in [0.5, 0.6) is 0 Å². The van der Waals surface area contributed by atoms with Crippen molar-refractivity contribution in [1.29, 1.82) is 0 Å². The van der Waals surface area contributed by atoms with Crippen molar-refractivity contribution >= 4 is 11.7 Å². The van der Waals surface area contributed by atoms with E-state index in [1.807, 2.05) is 65.0 Å². The van der Waals surface area contributed by atoms with E-state index in [2.05, 4.69) is 15.5 Å². The zero-order valence-electron chi connectivity index (χ0n) is 19.0. The van der Waals surface area contributed by atoms with E-state index in [4.69, 9.17) is 4.42 Å². The number of ketones is 1. The van der Waals surface area contributed by atoms with E-state index in [-0.39, 0.29) is 23.9 Å². The third-order valence-electron chi connectivity index (χ3n) is 4.96. The Balaban J connectivity index is 1.82. The smallest absolute Gasteiger partial charge is 0.286 e. The molecule has 32 heavy (non-hydrogen) atoms. The molecular formula is C24H28N4O4. The van der Waals surface area contributed by atoms with Gasteiger partial charge in [0.15, 0.2) is 0 Å². The second-order valence-electron chi connectivity index (χ2n) is 9.02. The monoisotopic (exact) mass is 436 g/mol. The number of amides is 1. The highest BCUT2D eigenvalue weighted by molar-refractivity contribution is 5.98. The average molecular weight is 437 g/mol. The van der Waals surface area contributed by atoms with E-state index < -0.39 is 23.1 Å². The Kier molecular flexibility index (Phi) is 6.72. The lowest BCUT2D eigenvalue weighted by Crippen LogP contribution is -2.46. The van der Waals surface area contributed by atoms with Crippen molar-refractivity contribution in [3.8, 4) is 11.3 Å². The molecule has 0 aliphatic carbocycles. The number of rotatable bonds is 7. The summed E-state index contributed by atoms with van der Waals surface area (Å²) in [6, 6.07) is 13.3. The van der Waals surface area contributed by atoms with Gasteiger partial charge in [0.1, 0.15) is 6.54 Å². The third kappa shape index (κ3) is 5.19. The van der Waals surface area contributed by atoms with Gasteiger partial charge in [0.2, 0.25) is 17.6 Å². The highest BCUT2D eigenvalue weighted by Crippen LogP contribution is 2.21. The van der Waals surface area contributed by atoms with E-state index in [0.29, 0.717) is 11.6 Å². The second kappa shape index (κ2) is 9.30. The predicted molar refractivity (Wildman–Crippen MR) is 120 cm³/mol. The first-order valence-electron chi connectivity index (χ1n) is 10.5. The van der Waals surface area contributed by atoms with E-state index in [1.54, 1.807) is 12.1 Å². The molecule has 1 amide bonds. The molecule has 2 aromatic heterocycles. The van der Waals surface area contributed by atoms with Gasteiger partial charge in [-0.05, 0) is 17.5 Å². The molecule has 8 nitrogen and oxygen atoms in total. The summed E-state index contributed by atoms with van der Waals surface area (Å²) in [5, 5.41) is 10.6. The number of benzene rings is 1. The second-order valence-corrected chi connectivity index (χ2v) is 9.02. The van der Waals surface area contributed by atoms with Crippen LogP contribution in [0.2, 0.25) is 0 Å². The highest BCUT2D eigenvalue weighted by Gasteiger charge is 2.31. The number of hydrogen-bond acceptors (Lipinski definition) is 6. The SMILES string of the molecule is CC(C)[C@H](NC(=O)Cn1c(-c2ccccc2)cccc1=O)C(=O)c1nnc(C(C)(C)C)o1. The molecule has 1 N–H and O–H groups in total. The number of hydrogen-bond donors (Lipinski definition) is 1. The van der Waals surface area contributed by atoms with Gasteiger partial charge in [-0.25, -0.2) is 0 Å². The van der Waals surface area contributed by atoms with Crippen molar-refractivity contribution in [2.75, 3.05) is 0 Å². The van der Waals surface area contributed by atoms with Gasteiger partial charge in [-0.3, -0.25) is 19.0 Å². The predicted octanol–water partition coefficient (Wildman–Crippen LogP) is 3.22. The number of carbonyl (C=O) groups excluding carboxylic acids is 2. The van der Waals surface area contributed by atoms with Gasteiger partial charge in [-0.2, -0.15) is 0 Å². The van der Waals surface area contributed by atoms with Crippen LogP contribution in [0.4, 0.5) is 0 Å². The molecule has 2 heterocycles. The fraction of sp³-hybridized carbons (Fsp3) is 0.375. The summed E-state index contributed by atoms with van der Waals surface area (Å²) in [5.41, 5.74) is 0.729. The van der Waals surface area contributed by atoms with Crippen molar-refractivity contribution in [3.63, 3.8) is 0 Å². The summed E-state index contributed by atoms with van der Waals surface area (Å²) in [6.07, 6.45) is 0. The Morgan fingerprint density at radius 3 is 2.31 bits per heavy atom. The van der Waals surface area contributed by atoms with Crippen molar-refractivity contribution in [2.24, 2.45) is 5.92 Å². The molecule has 0 saturated carbocycles. The summed E-state index contributed by atoms with van der Waals surface area (Å²) < 4.78 is 6.94. The molecule has 3 rings (SSSR count). The number of nitrogens with one attached hydrogen (secondary N) is 1. The first-order valence-corrected chi connectivity index (χ1v) is 10.5. The Morgan fingerprint density at radius 1 is 1.03 bits per heavy atom. The van der Waals surface area contributed by atoms with E-state index in [9.17, 15) is 14.4 Å². The molecule has 3 aromatic rings. The lowest BCUT2D eigenvalue weighted by molar-refractivity contribution is -0.122. The van der Waals surface area contributed by atoms with E-state index >= 15 is 0 Å². The van der Waals surface area contributed by atoms with Crippen LogP contribution < -0.4 is 10.9 Å².